The van der Waals surface area contributed by atoms with Crippen molar-refractivity contribution >= 4 is 5.78 Å². The summed E-state index contributed by atoms with van der Waals surface area (Å²) in [4.78, 5) is 13.2. The molecule has 0 aromatic heterocycles. The highest BCUT2D eigenvalue weighted by Crippen LogP contribution is 2.40. The van der Waals surface area contributed by atoms with Gasteiger partial charge in [-0.15, -0.1) is 0 Å². The number of methoxy groups -OCH3 is 2. The average molecular weight is 291 g/mol. The van der Waals surface area contributed by atoms with E-state index >= 15 is 0 Å². The van der Waals surface area contributed by atoms with Crippen LogP contribution in [0.4, 0.5) is 0 Å². The van der Waals surface area contributed by atoms with Crippen LogP contribution in [-0.2, 0) is 0 Å². The molecule has 0 amide bonds. The zero-order chi connectivity index (χ0) is 15.3. The fourth-order valence-electron chi connectivity index (χ4n) is 3.25. The monoisotopic (exact) mass is 291 g/mol. The maximum Gasteiger partial charge on any atom is 0.172 e. The van der Waals surface area contributed by atoms with Crippen molar-refractivity contribution in [1.29, 1.82) is 0 Å². The van der Waals surface area contributed by atoms with Crippen molar-refractivity contribution in [2.45, 2.75) is 32.6 Å². The lowest BCUT2D eigenvalue weighted by Gasteiger charge is -2.36. The van der Waals surface area contributed by atoms with Gasteiger partial charge in [-0.3, -0.25) is 4.79 Å². The number of Topliss-reactive ketones (excluding diaryl/α,β-unsaturated/α-hetero) is 1. The summed E-state index contributed by atoms with van der Waals surface area (Å²) < 4.78 is 10.7. The van der Waals surface area contributed by atoms with E-state index in [1.165, 1.54) is 0 Å². The van der Waals surface area contributed by atoms with Gasteiger partial charge < -0.3 is 14.8 Å². The molecule has 0 bridgehead atoms. The molecule has 1 heterocycles. The van der Waals surface area contributed by atoms with Gasteiger partial charge in [0.1, 0.15) is 11.5 Å². The van der Waals surface area contributed by atoms with E-state index in [0.717, 1.165) is 38.8 Å². The Hall–Kier alpha value is -1.55. The van der Waals surface area contributed by atoms with Gasteiger partial charge in [-0.1, -0.05) is 13.3 Å². The molecule has 1 N–H and O–H groups in total. The molecule has 1 fully saturated rings. The largest absolute Gasteiger partial charge is 0.497 e. The Bertz CT molecular complexity index is 487. The molecule has 1 aromatic carbocycles. The van der Waals surface area contributed by atoms with Crippen LogP contribution in [0.2, 0.25) is 0 Å². The van der Waals surface area contributed by atoms with Gasteiger partial charge in [-0.25, -0.2) is 0 Å². The van der Waals surface area contributed by atoms with E-state index in [1.807, 2.05) is 12.1 Å². The van der Waals surface area contributed by atoms with E-state index in [1.54, 1.807) is 20.3 Å². The minimum absolute atomic E-state index is 0.196. The van der Waals surface area contributed by atoms with Crippen molar-refractivity contribution < 1.29 is 14.3 Å². The summed E-state index contributed by atoms with van der Waals surface area (Å²) in [6.45, 7) is 3.94. The second kappa shape index (κ2) is 6.94. The van der Waals surface area contributed by atoms with Crippen LogP contribution in [0.1, 0.15) is 43.0 Å². The summed E-state index contributed by atoms with van der Waals surface area (Å²) in [7, 11) is 3.22. The number of carbonyl (C=O) groups is 1. The van der Waals surface area contributed by atoms with E-state index in [9.17, 15) is 4.79 Å². The Kier molecular flexibility index (Phi) is 5.23. The third-order valence-electron chi connectivity index (χ3n) is 4.42. The number of carbonyl (C=O) groups excluding carboxylic acids is 1. The van der Waals surface area contributed by atoms with Crippen molar-refractivity contribution in [3.63, 3.8) is 0 Å². The Balaban J connectivity index is 2.40. The quantitative estimate of drug-likeness (QED) is 0.818. The number of benzene rings is 1. The molecular formula is C17H25NO3. The molecular weight excluding hydrogens is 266 g/mol. The third-order valence-corrected chi connectivity index (χ3v) is 4.42. The smallest absolute Gasteiger partial charge is 0.172 e. The fraction of sp³-hybridized carbons (Fsp3) is 0.588. The molecule has 0 atom stereocenters. The first kappa shape index (κ1) is 15.8. The van der Waals surface area contributed by atoms with E-state index in [2.05, 4.69) is 12.2 Å². The summed E-state index contributed by atoms with van der Waals surface area (Å²) in [5, 5.41) is 3.35. The molecule has 0 radical (unpaired) electrons. The second-order valence-electron chi connectivity index (χ2n) is 5.68. The lowest BCUT2D eigenvalue weighted by atomic mass is 9.70. The molecule has 0 saturated carbocycles. The van der Waals surface area contributed by atoms with Gasteiger partial charge in [0.25, 0.3) is 0 Å². The summed E-state index contributed by atoms with van der Waals surface area (Å²) >= 11 is 0. The van der Waals surface area contributed by atoms with Crippen molar-refractivity contribution in [3.05, 3.63) is 23.8 Å². The van der Waals surface area contributed by atoms with Crippen molar-refractivity contribution in [2.24, 2.45) is 5.41 Å². The molecule has 116 valence electrons. The lowest BCUT2D eigenvalue weighted by molar-refractivity contribution is 0.0700. The normalized spacial score (nSPS) is 17.3. The standard InChI is InChI=1S/C17H25NO3/c1-4-7-17(8-10-18-11-9-17)16(19)14-12-13(20-2)5-6-15(14)21-3/h5-6,12,18H,4,7-11H2,1-3H3. The van der Waals surface area contributed by atoms with Gasteiger partial charge in [-0.2, -0.15) is 0 Å². The molecule has 1 aromatic rings. The Morgan fingerprint density at radius 2 is 1.95 bits per heavy atom. The van der Waals surface area contributed by atoms with E-state index in [0.29, 0.717) is 17.1 Å². The molecule has 0 unspecified atom stereocenters. The number of ketones is 1. The van der Waals surface area contributed by atoms with Gasteiger partial charge in [0, 0.05) is 5.41 Å². The maximum absolute atomic E-state index is 13.2. The summed E-state index contributed by atoms with van der Waals surface area (Å²) in [6.07, 6.45) is 3.71. The van der Waals surface area contributed by atoms with Crippen molar-refractivity contribution in [1.82, 2.24) is 5.32 Å². The van der Waals surface area contributed by atoms with Gasteiger partial charge in [0.2, 0.25) is 0 Å². The second-order valence-corrected chi connectivity index (χ2v) is 5.68. The molecule has 4 heteroatoms. The minimum atomic E-state index is -0.264. The summed E-state index contributed by atoms with van der Waals surface area (Å²) in [5.74, 6) is 1.52. The zero-order valence-corrected chi connectivity index (χ0v) is 13.2. The fourth-order valence-corrected chi connectivity index (χ4v) is 3.25. The van der Waals surface area contributed by atoms with E-state index in [-0.39, 0.29) is 11.2 Å². The van der Waals surface area contributed by atoms with Gasteiger partial charge in [0.15, 0.2) is 5.78 Å². The van der Waals surface area contributed by atoms with Crippen molar-refractivity contribution in [2.75, 3.05) is 27.3 Å². The molecule has 1 aliphatic rings. The number of piperidine rings is 1. The average Bonchev–Trinajstić information content (AvgIpc) is 2.54. The van der Waals surface area contributed by atoms with Gasteiger partial charge >= 0.3 is 0 Å². The number of hydrogen-bond acceptors (Lipinski definition) is 4. The van der Waals surface area contributed by atoms with Crippen LogP contribution in [0.15, 0.2) is 18.2 Å². The highest BCUT2D eigenvalue weighted by atomic mass is 16.5. The molecule has 4 nitrogen and oxygen atoms in total. The van der Waals surface area contributed by atoms with Crippen LogP contribution in [0.5, 0.6) is 11.5 Å². The molecule has 1 saturated heterocycles. The van der Waals surface area contributed by atoms with E-state index in [4.69, 9.17) is 9.47 Å². The minimum Gasteiger partial charge on any atom is -0.497 e. The van der Waals surface area contributed by atoms with Crippen molar-refractivity contribution in [3.8, 4) is 11.5 Å². The number of rotatable bonds is 6. The van der Waals surface area contributed by atoms with Crippen LogP contribution in [0.25, 0.3) is 0 Å². The predicted octanol–water partition coefficient (Wildman–Crippen LogP) is 3.06. The Morgan fingerprint density at radius 1 is 1.24 bits per heavy atom. The number of nitrogens with one attached hydrogen (secondary N) is 1. The highest BCUT2D eigenvalue weighted by Gasteiger charge is 2.40. The first-order chi connectivity index (χ1) is 10.2. The maximum atomic E-state index is 13.2. The molecule has 0 aliphatic carbocycles. The first-order valence-electron chi connectivity index (χ1n) is 7.64. The third kappa shape index (κ3) is 3.21. The number of hydrogen-bond donors (Lipinski definition) is 1. The molecule has 2 rings (SSSR count). The Labute approximate surface area is 126 Å². The number of ether oxygens (including phenoxy) is 2. The topological polar surface area (TPSA) is 47.6 Å². The molecule has 1 aliphatic heterocycles. The van der Waals surface area contributed by atoms with Gasteiger partial charge in [-0.05, 0) is 50.6 Å². The van der Waals surface area contributed by atoms with Crippen LogP contribution < -0.4 is 14.8 Å². The van der Waals surface area contributed by atoms with Crippen LogP contribution in [0.3, 0.4) is 0 Å². The highest BCUT2D eigenvalue weighted by molar-refractivity contribution is 6.03. The lowest BCUT2D eigenvalue weighted by Crippen LogP contribution is -2.42. The van der Waals surface area contributed by atoms with Crippen LogP contribution >= 0.6 is 0 Å². The Morgan fingerprint density at radius 3 is 2.52 bits per heavy atom. The first-order valence-corrected chi connectivity index (χ1v) is 7.64. The molecule has 0 spiro atoms. The van der Waals surface area contributed by atoms with Crippen LogP contribution in [0, 0.1) is 5.41 Å². The van der Waals surface area contributed by atoms with Gasteiger partial charge in [0.05, 0.1) is 19.8 Å². The molecule has 21 heavy (non-hydrogen) atoms. The predicted molar refractivity (Wildman–Crippen MR) is 83.3 cm³/mol. The van der Waals surface area contributed by atoms with Crippen LogP contribution in [-0.4, -0.2) is 33.1 Å². The summed E-state index contributed by atoms with van der Waals surface area (Å²) in [6, 6.07) is 5.44. The SMILES string of the molecule is CCCC1(C(=O)c2cc(OC)ccc2OC)CCNCC1. The van der Waals surface area contributed by atoms with E-state index < -0.39 is 0 Å². The zero-order valence-electron chi connectivity index (χ0n) is 13.2. The summed E-state index contributed by atoms with van der Waals surface area (Å²) in [5.41, 5.74) is 0.381.